The highest BCUT2D eigenvalue weighted by Crippen LogP contribution is 2.07. The van der Waals surface area contributed by atoms with Gasteiger partial charge in [0.1, 0.15) is 18.6 Å². The van der Waals surface area contributed by atoms with Gasteiger partial charge in [-0.05, 0) is 25.2 Å². The van der Waals surface area contributed by atoms with Gasteiger partial charge in [0.25, 0.3) is 0 Å². The van der Waals surface area contributed by atoms with E-state index in [1.54, 1.807) is 0 Å². The monoisotopic (exact) mass is 372 g/mol. The van der Waals surface area contributed by atoms with Gasteiger partial charge in [-0.3, -0.25) is 19.2 Å². The first-order valence-corrected chi connectivity index (χ1v) is 8.85. The summed E-state index contributed by atoms with van der Waals surface area (Å²) in [7, 11) is 0. The van der Waals surface area contributed by atoms with E-state index in [4.69, 9.17) is 10.8 Å². The van der Waals surface area contributed by atoms with Crippen LogP contribution in [0.25, 0.3) is 0 Å². The molecule has 0 saturated carbocycles. The summed E-state index contributed by atoms with van der Waals surface area (Å²) in [4.78, 5) is 47.1. The van der Waals surface area contributed by atoms with E-state index in [1.165, 1.54) is 6.92 Å². The summed E-state index contributed by atoms with van der Waals surface area (Å²) >= 11 is 0. The fourth-order valence-corrected chi connectivity index (χ4v) is 2.17. The molecule has 0 aromatic carbocycles. The van der Waals surface area contributed by atoms with Crippen molar-refractivity contribution in [1.82, 2.24) is 16.0 Å². The SMILES string of the molecule is CCC(C)C(N)C(=O)NC(C)C(=O)NC(CC(C)C)C(=O)NCC(=O)O. The fraction of sp³-hybridized carbons (Fsp3) is 0.765. The number of nitrogens with one attached hydrogen (secondary N) is 3. The van der Waals surface area contributed by atoms with Gasteiger partial charge in [0, 0.05) is 0 Å². The van der Waals surface area contributed by atoms with Gasteiger partial charge in [-0.15, -0.1) is 0 Å². The summed E-state index contributed by atoms with van der Waals surface area (Å²) in [5.74, 6) is -2.65. The van der Waals surface area contributed by atoms with E-state index >= 15 is 0 Å². The largest absolute Gasteiger partial charge is 0.480 e. The third-order valence-electron chi connectivity index (χ3n) is 4.07. The number of carboxylic acid groups (broad SMARTS) is 1. The molecule has 0 aliphatic carbocycles. The molecule has 0 fully saturated rings. The molecule has 3 amide bonds. The molecule has 26 heavy (non-hydrogen) atoms. The van der Waals surface area contributed by atoms with E-state index in [2.05, 4.69) is 16.0 Å². The van der Waals surface area contributed by atoms with E-state index in [-0.39, 0.29) is 11.8 Å². The number of hydrogen-bond donors (Lipinski definition) is 5. The first-order valence-electron chi connectivity index (χ1n) is 8.85. The second-order valence-electron chi connectivity index (χ2n) is 6.94. The van der Waals surface area contributed by atoms with Gasteiger partial charge in [0.2, 0.25) is 17.7 Å². The molecule has 9 nitrogen and oxygen atoms in total. The van der Waals surface area contributed by atoms with Gasteiger partial charge >= 0.3 is 5.97 Å². The molecule has 0 spiro atoms. The van der Waals surface area contributed by atoms with E-state index in [0.29, 0.717) is 6.42 Å². The molecule has 4 unspecified atom stereocenters. The quantitative estimate of drug-likeness (QED) is 0.333. The molecule has 0 aromatic rings. The minimum atomic E-state index is -1.17. The zero-order chi connectivity index (χ0) is 20.4. The highest BCUT2D eigenvalue weighted by molar-refractivity contribution is 5.93. The fourth-order valence-electron chi connectivity index (χ4n) is 2.17. The molecular formula is C17H32N4O5. The van der Waals surface area contributed by atoms with Crippen molar-refractivity contribution < 1.29 is 24.3 Å². The van der Waals surface area contributed by atoms with Crippen LogP contribution in [-0.2, 0) is 19.2 Å². The Kier molecular flexibility index (Phi) is 10.5. The number of carbonyl (C=O) groups excluding carboxylic acids is 3. The summed E-state index contributed by atoms with van der Waals surface area (Å²) in [5, 5.41) is 16.0. The molecule has 4 atom stereocenters. The molecule has 0 rings (SSSR count). The van der Waals surface area contributed by atoms with Gasteiger partial charge in [0.05, 0.1) is 6.04 Å². The number of carbonyl (C=O) groups is 4. The van der Waals surface area contributed by atoms with Gasteiger partial charge < -0.3 is 26.8 Å². The Morgan fingerprint density at radius 3 is 2.00 bits per heavy atom. The van der Waals surface area contributed by atoms with Crippen LogP contribution in [0.2, 0.25) is 0 Å². The summed E-state index contributed by atoms with van der Waals surface area (Å²) in [6, 6.07) is -2.48. The number of hydrogen-bond acceptors (Lipinski definition) is 5. The van der Waals surface area contributed by atoms with Crippen LogP contribution < -0.4 is 21.7 Å². The molecule has 0 radical (unpaired) electrons. The van der Waals surface area contributed by atoms with Crippen molar-refractivity contribution in [2.45, 2.75) is 65.6 Å². The summed E-state index contributed by atoms with van der Waals surface area (Å²) in [6.07, 6.45) is 1.07. The zero-order valence-corrected chi connectivity index (χ0v) is 16.2. The van der Waals surface area contributed by atoms with Crippen LogP contribution in [0.1, 0.15) is 47.5 Å². The topological polar surface area (TPSA) is 151 Å². The van der Waals surface area contributed by atoms with Crippen LogP contribution in [0.3, 0.4) is 0 Å². The van der Waals surface area contributed by atoms with Gasteiger partial charge in [-0.1, -0.05) is 34.1 Å². The molecule has 6 N–H and O–H groups in total. The second-order valence-corrected chi connectivity index (χ2v) is 6.94. The third-order valence-corrected chi connectivity index (χ3v) is 4.07. The van der Waals surface area contributed by atoms with Gasteiger partial charge in [-0.2, -0.15) is 0 Å². The molecule has 150 valence electrons. The highest BCUT2D eigenvalue weighted by atomic mass is 16.4. The standard InChI is InChI=1S/C17H32N4O5/c1-6-10(4)14(18)17(26)20-11(5)15(24)21-12(7-9(2)3)16(25)19-8-13(22)23/h9-12,14H,6-8,18H2,1-5H3,(H,19,25)(H,20,26)(H,21,24)(H,22,23). The van der Waals surface area contributed by atoms with Crippen molar-refractivity contribution in [2.24, 2.45) is 17.6 Å². The molecular weight excluding hydrogens is 340 g/mol. The van der Waals surface area contributed by atoms with Crippen LogP contribution in [0.4, 0.5) is 0 Å². The molecule has 9 heteroatoms. The molecule has 0 aliphatic heterocycles. The van der Waals surface area contributed by atoms with Crippen LogP contribution in [0, 0.1) is 11.8 Å². The van der Waals surface area contributed by atoms with Gasteiger partial charge in [-0.25, -0.2) is 0 Å². The zero-order valence-electron chi connectivity index (χ0n) is 16.2. The molecule has 0 saturated heterocycles. The smallest absolute Gasteiger partial charge is 0.322 e. The van der Waals surface area contributed by atoms with Crippen LogP contribution in [-0.4, -0.2) is 53.5 Å². The van der Waals surface area contributed by atoms with Crippen LogP contribution >= 0.6 is 0 Å². The number of aliphatic carboxylic acids is 1. The average Bonchev–Trinajstić information content (AvgIpc) is 2.56. The van der Waals surface area contributed by atoms with E-state index < -0.39 is 48.4 Å². The summed E-state index contributed by atoms with van der Waals surface area (Å²) < 4.78 is 0. The van der Waals surface area contributed by atoms with Crippen molar-refractivity contribution >= 4 is 23.7 Å². The third kappa shape index (κ3) is 8.80. The number of amides is 3. The van der Waals surface area contributed by atoms with E-state index in [1.807, 2.05) is 27.7 Å². The Morgan fingerprint density at radius 1 is 0.962 bits per heavy atom. The summed E-state index contributed by atoms with van der Waals surface area (Å²) in [5.41, 5.74) is 5.84. The van der Waals surface area contributed by atoms with Crippen molar-refractivity contribution in [2.75, 3.05) is 6.54 Å². The minimum Gasteiger partial charge on any atom is -0.480 e. The Morgan fingerprint density at radius 2 is 1.54 bits per heavy atom. The Bertz CT molecular complexity index is 509. The number of carboxylic acids is 1. The molecule has 0 aliphatic rings. The van der Waals surface area contributed by atoms with Gasteiger partial charge in [0.15, 0.2) is 0 Å². The Hall–Kier alpha value is -2.16. The lowest BCUT2D eigenvalue weighted by molar-refractivity contribution is -0.138. The predicted octanol–water partition coefficient (Wildman–Crippen LogP) is -0.404. The Balaban J connectivity index is 4.83. The van der Waals surface area contributed by atoms with Crippen molar-refractivity contribution in [3.63, 3.8) is 0 Å². The minimum absolute atomic E-state index is 0.0271. The van der Waals surface area contributed by atoms with E-state index in [0.717, 1.165) is 6.42 Å². The summed E-state index contributed by atoms with van der Waals surface area (Å²) in [6.45, 7) is 8.48. The maximum atomic E-state index is 12.3. The molecule has 0 bridgehead atoms. The molecule has 0 aromatic heterocycles. The Labute approximate surface area is 154 Å². The predicted molar refractivity (Wildman–Crippen MR) is 97.1 cm³/mol. The van der Waals surface area contributed by atoms with E-state index in [9.17, 15) is 19.2 Å². The maximum absolute atomic E-state index is 12.3. The van der Waals surface area contributed by atoms with Crippen LogP contribution in [0.15, 0.2) is 0 Å². The molecule has 0 heterocycles. The van der Waals surface area contributed by atoms with Crippen LogP contribution in [0.5, 0.6) is 0 Å². The lowest BCUT2D eigenvalue weighted by Crippen LogP contribution is -2.56. The first-order chi connectivity index (χ1) is 12.0. The lowest BCUT2D eigenvalue weighted by Gasteiger charge is -2.24. The van der Waals surface area contributed by atoms with Crippen molar-refractivity contribution in [1.29, 1.82) is 0 Å². The average molecular weight is 372 g/mol. The van der Waals surface area contributed by atoms with Crippen molar-refractivity contribution in [3.05, 3.63) is 0 Å². The first kappa shape index (κ1) is 23.8. The highest BCUT2D eigenvalue weighted by Gasteiger charge is 2.27. The normalized spacial score (nSPS) is 15.5. The second kappa shape index (κ2) is 11.5. The number of nitrogens with two attached hydrogens (primary N) is 1. The lowest BCUT2D eigenvalue weighted by atomic mass is 9.99. The van der Waals surface area contributed by atoms with Crippen molar-refractivity contribution in [3.8, 4) is 0 Å². The number of rotatable bonds is 11. The maximum Gasteiger partial charge on any atom is 0.322 e.